The second-order valence-corrected chi connectivity index (χ2v) is 10.5. The average Bonchev–Trinajstić information content (AvgIpc) is 3.52. The molecule has 1 saturated heterocycles. The Morgan fingerprint density at radius 2 is 1.88 bits per heavy atom. The van der Waals surface area contributed by atoms with Gasteiger partial charge in [0.05, 0.1) is 17.1 Å². The largest absolute Gasteiger partial charge is 0.341 e. The number of amides is 2. The Bertz CT molecular complexity index is 1040. The molecular weight excluding hydrogens is 424 g/mol. The van der Waals surface area contributed by atoms with E-state index in [0.717, 1.165) is 48.6 Å². The van der Waals surface area contributed by atoms with Crippen LogP contribution in [0.25, 0.3) is 0 Å². The molecule has 170 valence electrons. The molecule has 8 nitrogen and oxygen atoms in total. The van der Waals surface area contributed by atoms with E-state index in [4.69, 9.17) is 0 Å². The maximum absolute atomic E-state index is 13.4. The molecule has 2 fully saturated rings. The Hall–Kier alpha value is -2.55. The third kappa shape index (κ3) is 3.76. The van der Waals surface area contributed by atoms with Crippen molar-refractivity contribution in [3.05, 3.63) is 24.3 Å². The van der Waals surface area contributed by atoms with Gasteiger partial charge >= 0.3 is 0 Å². The van der Waals surface area contributed by atoms with Gasteiger partial charge in [0.15, 0.2) is 5.16 Å². The van der Waals surface area contributed by atoms with Crippen LogP contribution in [-0.2, 0) is 9.59 Å². The van der Waals surface area contributed by atoms with E-state index in [-0.39, 0.29) is 17.6 Å². The van der Waals surface area contributed by atoms with Gasteiger partial charge < -0.3 is 10.2 Å². The quantitative estimate of drug-likeness (QED) is 0.694. The highest BCUT2D eigenvalue weighted by molar-refractivity contribution is 7.99. The van der Waals surface area contributed by atoms with Crippen LogP contribution in [0, 0.1) is 5.92 Å². The number of carbonyl (C=O) groups is 2. The van der Waals surface area contributed by atoms with E-state index in [0.29, 0.717) is 11.7 Å². The number of thioether (sulfide) groups is 1. The van der Waals surface area contributed by atoms with Gasteiger partial charge in [-0.2, -0.15) is 0 Å². The van der Waals surface area contributed by atoms with Crippen LogP contribution in [0.2, 0.25) is 0 Å². The molecule has 0 radical (unpaired) electrons. The lowest BCUT2D eigenvalue weighted by molar-refractivity contribution is -0.125. The number of rotatable bonds is 5. The molecule has 0 spiro atoms. The number of para-hydroxylation sites is 2. The minimum absolute atomic E-state index is 0.110. The predicted molar refractivity (Wildman–Crippen MR) is 126 cm³/mol. The molecule has 1 aromatic heterocycles. The monoisotopic (exact) mass is 454 g/mol. The highest BCUT2D eigenvalue weighted by Crippen LogP contribution is 2.42. The van der Waals surface area contributed by atoms with E-state index in [2.05, 4.69) is 31.9 Å². The smallest absolute Gasteiger partial charge is 0.250 e. The lowest BCUT2D eigenvalue weighted by Gasteiger charge is -2.42. The number of anilines is 3. The first-order chi connectivity index (χ1) is 15.4. The standard InChI is InChI=1S/C23H30N6O2S/c1-15-10-12-27(13-11-15)21-25-26-22(28(21)16-8-9-16)32-14-19(30)29-18-7-5-4-6-17(18)24-20(31)23(29,2)3/h4-7,15-16H,8-14H2,1-3H3,(H,24,31). The third-order valence-electron chi connectivity index (χ3n) is 6.71. The van der Waals surface area contributed by atoms with E-state index in [1.54, 1.807) is 18.7 Å². The van der Waals surface area contributed by atoms with E-state index in [1.807, 2.05) is 24.3 Å². The van der Waals surface area contributed by atoms with Gasteiger partial charge in [-0.15, -0.1) is 10.2 Å². The maximum atomic E-state index is 13.4. The summed E-state index contributed by atoms with van der Waals surface area (Å²) in [7, 11) is 0. The summed E-state index contributed by atoms with van der Waals surface area (Å²) in [5, 5.41) is 12.7. The zero-order valence-corrected chi connectivity index (χ0v) is 19.7. The van der Waals surface area contributed by atoms with E-state index in [9.17, 15) is 9.59 Å². The van der Waals surface area contributed by atoms with Crippen LogP contribution in [0.3, 0.4) is 0 Å². The summed E-state index contributed by atoms with van der Waals surface area (Å²) >= 11 is 1.42. The molecular formula is C23H30N6O2S. The molecule has 0 bridgehead atoms. The second-order valence-electron chi connectivity index (χ2n) is 9.60. The molecule has 32 heavy (non-hydrogen) atoms. The molecule has 9 heteroatoms. The summed E-state index contributed by atoms with van der Waals surface area (Å²) in [6.07, 6.45) is 4.60. The Morgan fingerprint density at radius 3 is 2.59 bits per heavy atom. The van der Waals surface area contributed by atoms with Crippen molar-refractivity contribution in [2.75, 3.05) is 34.0 Å². The average molecular weight is 455 g/mol. The first-order valence-electron chi connectivity index (χ1n) is 11.4. The van der Waals surface area contributed by atoms with Crippen molar-refractivity contribution in [2.24, 2.45) is 5.92 Å². The van der Waals surface area contributed by atoms with Crippen molar-refractivity contribution in [1.82, 2.24) is 14.8 Å². The van der Waals surface area contributed by atoms with Crippen molar-refractivity contribution in [1.29, 1.82) is 0 Å². The van der Waals surface area contributed by atoms with E-state index >= 15 is 0 Å². The first kappa shape index (κ1) is 21.3. The number of carbonyl (C=O) groups excluding carboxylic acids is 2. The number of nitrogens with one attached hydrogen (secondary N) is 1. The van der Waals surface area contributed by atoms with Gasteiger partial charge in [0.1, 0.15) is 5.54 Å². The van der Waals surface area contributed by atoms with E-state index < -0.39 is 5.54 Å². The van der Waals surface area contributed by atoms with Crippen LogP contribution in [0.4, 0.5) is 17.3 Å². The van der Waals surface area contributed by atoms with Crippen LogP contribution in [-0.4, -0.2) is 51.0 Å². The first-order valence-corrected chi connectivity index (χ1v) is 12.4. The van der Waals surface area contributed by atoms with Crippen LogP contribution >= 0.6 is 11.8 Å². The Morgan fingerprint density at radius 1 is 1.16 bits per heavy atom. The molecule has 1 aromatic carbocycles. The number of fused-ring (bicyclic) bond motifs is 1. The lowest BCUT2D eigenvalue weighted by Crippen LogP contribution is -2.59. The van der Waals surface area contributed by atoms with E-state index in [1.165, 1.54) is 24.6 Å². The summed E-state index contributed by atoms with van der Waals surface area (Å²) in [6, 6.07) is 7.87. The lowest BCUT2D eigenvalue weighted by atomic mass is 9.96. The molecule has 1 aliphatic carbocycles. The Balaban J connectivity index is 1.36. The van der Waals surface area contributed by atoms with Crippen molar-refractivity contribution in [3.8, 4) is 0 Å². The fourth-order valence-electron chi connectivity index (χ4n) is 4.53. The third-order valence-corrected chi connectivity index (χ3v) is 7.63. The number of piperidine rings is 1. The number of hydrogen-bond acceptors (Lipinski definition) is 6. The topological polar surface area (TPSA) is 83.4 Å². The summed E-state index contributed by atoms with van der Waals surface area (Å²) in [5.41, 5.74) is 0.429. The van der Waals surface area contributed by atoms with Crippen molar-refractivity contribution in [3.63, 3.8) is 0 Å². The SMILES string of the molecule is CC1CCN(c2nnc(SCC(=O)N3c4ccccc4NC(=O)C3(C)C)n2C2CC2)CC1. The van der Waals surface area contributed by atoms with Crippen LogP contribution in [0.15, 0.2) is 29.4 Å². The van der Waals surface area contributed by atoms with Gasteiger partial charge in [-0.25, -0.2) is 0 Å². The van der Waals surface area contributed by atoms with Gasteiger partial charge in [0.25, 0.3) is 0 Å². The Kier molecular flexibility index (Phi) is 5.39. The van der Waals surface area contributed by atoms with Crippen LogP contribution in [0.1, 0.15) is 52.5 Å². The number of nitrogens with zero attached hydrogens (tertiary/aromatic N) is 5. The molecule has 3 heterocycles. The van der Waals surface area contributed by atoms with Crippen molar-refractivity contribution in [2.45, 2.75) is 63.2 Å². The summed E-state index contributed by atoms with van der Waals surface area (Å²) < 4.78 is 2.23. The zero-order valence-electron chi connectivity index (χ0n) is 18.9. The van der Waals surface area contributed by atoms with Gasteiger partial charge in [0.2, 0.25) is 17.8 Å². The van der Waals surface area contributed by atoms with Gasteiger partial charge in [-0.05, 0) is 57.6 Å². The molecule has 0 unspecified atom stereocenters. The van der Waals surface area contributed by atoms with Crippen LogP contribution < -0.4 is 15.1 Å². The van der Waals surface area contributed by atoms with Crippen LogP contribution in [0.5, 0.6) is 0 Å². The number of aromatic nitrogens is 3. The van der Waals surface area contributed by atoms with Gasteiger partial charge in [-0.3, -0.25) is 19.1 Å². The highest BCUT2D eigenvalue weighted by atomic mass is 32.2. The minimum Gasteiger partial charge on any atom is -0.341 e. The normalized spacial score (nSPS) is 20.8. The van der Waals surface area contributed by atoms with Crippen molar-refractivity contribution < 1.29 is 9.59 Å². The van der Waals surface area contributed by atoms with Crippen molar-refractivity contribution >= 4 is 40.9 Å². The fourth-order valence-corrected chi connectivity index (χ4v) is 5.38. The molecule has 5 rings (SSSR count). The maximum Gasteiger partial charge on any atom is 0.250 e. The highest BCUT2D eigenvalue weighted by Gasteiger charge is 2.43. The molecule has 0 atom stereocenters. The fraction of sp³-hybridized carbons (Fsp3) is 0.565. The Labute approximate surface area is 192 Å². The predicted octanol–water partition coefficient (Wildman–Crippen LogP) is 3.71. The van der Waals surface area contributed by atoms with Gasteiger partial charge in [-0.1, -0.05) is 30.8 Å². The number of benzene rings is 1. The molecule has 2 aromatic rings. The van der Waals surface area contributed by atoms with Gasteiger partial charge in [0, 0.05) is 19.1 Å². The molecule has 3 aliphatic rings. The zero-order chi connectivity index (χ0) is 22.5. The summed E-state index contributed by atoms with van der Waals surface area (Å²) in [6.45, 7) is 7.87. The molecule has 2 amide bonds. The molecule has 1 saturated carbocycles. The molecule has 1 N–H and O–H groups in total. The summed E-state index contributed by atoms with van der Waals surface area (Å²) in [4.78, 5) is 30.0. The number of hydrogen-bond donors (Lipinski definition) is 1. The second kappa shape index (κ2) is 8.10. The molecule has 2 aliphatic heterocycles. The minimum atomic E-state index is -0.966. The summed E-state index contributed by atoms with van der Waals surface area (Å²) in [5.74, 6) is 1.60.